The van der Waals surface area contributed by atoms with Crippen LogP contribution in [0.3, 0.4) is 0 Å². The zero-order chi connectivity index (χ0) is 13.9. The van der Waals surface area contributed by atoms with Gasteiger partial charge in [-0.2, -0.15) is 0 Å². The number of aliphatic hydroxyl groups is 1. The Balaban J connectivity index is 2.05. The largest absolute Gasteiger partial charge is 0.392 e. The van der Waals surface area contributed by atoms with Gasteiger partial charge in [0.15, 0.2) is 0 Å². The highest BCUT2D eigenvalue weighted by Crippen LogP contribution is 2.27. The lowest BCUT2D eigenvalue weighted by atomic mass is 9.98. The Morgan fingerprint density at radius 3 is 2.74 bits per heavy atom. The van der Waals surface area contributed by atoms with Gasteiger partial charge in [-0.05, 0) is 6.07 Å². The fraction of sp³-hybridized carbons (Fsp3) is 0.429. The summed E-state index contributed by atoms with van der Waals surface area (Å²) in [5, 5.41) is 13.7. The second-order valence-corrected chi connectivity index (χ2v) is 6.54. The minimum Gasteiger partial charge on any atom is -0.392 e. The first kappa shape index (κ1) is 14.0. The molecule has 0 fully saturated rings. The van der Waals surface area contributed by atoms with Crippen molar-refractivity contribution < 1.29 is 5.11 Å². The van der Waals surface area contributed by atoms with E-state index in [2.05, 4.69) is 36.1 Å². The molecule has 5 heteroatoms. The number of pyridine rings is 1. The van der Waals surface area contributed by atoms with Gasteiger partial charge in [0.25, 0.3) is 0 Å². The fourth-order valence-electron chi connectivity index (χ4n) is 1.64. The number of hydrogen-bond donors (Lipinski definition) is 2. The van der Waals surface area contributed by atoms with Gasteiger partial charge < -0.3 is 10.4 Å². The van der Waals surface area contributed by atoms with Crippen LogP contribution in [-0.2, 0) is 18.6 Å². The summed E-state index contributed by atoms with van der Waals surface area (Å²) in [6, 6.07) is 1.82. The molecule has 2 aromatic heterocycles. The lowest BCUT2D eigenvalue weighted by Gasteiger charge is -2.13. The minimum atomic E-state index is 0.0147. The number of hydrogen-bond acceptors (Lipinski definition) is 5. The predicted molar refractivity (Wildman–Crippen MR) is 78.3 cm³/mol. The summed E-state index contributed by atoms with van der Waals surface area (Å²) < 4.78 is 0. The van der Waals surface area contributed by atoms with E-state index in [1.165, 1.54) is 4.88 Å². The topological polar surface area (TPSA) is 58.0 Å². The Labute approximate surface area is 117 Å². The zero-order valence-electron chi connectivity index (χ0n) is 11.5. The highest BCUT2D eigenvalue weighted by molar-refractivity contribution is 7.11. The Kier molecular flexibility index (Phi) is 4.17. The maximum atomic E-state index is 9.25. The van der Waals surface area contributed by atoms with Gasteiger partial charge in [0, 0.05) is 28.2 Å². The number of rotatable bonds is 4. The van der Waals surface area contributed by atoms with Crippen molar-refractivity contribution in [2.45, 2.75) is 39.3 Å². The molecule has 19 heavy (non-hydrogen) atoms. The lowest BCUT2D eigenvalue weighted by Crippen LogP contribution is -2.09. The van der Waals surface area contributed by atoms with Crippen LogP contribution in [0.4, 0.5) is 5.69 Å². The SMILES string of the molecule is CC(C)(C)c1ncc(CNc2cnccc2CO)s1. The van der Waals surface area contributed by atoms with Crippen LogP contribution in [0.5, 0.6) is 0 Å². The predicted octanol–water partition coefficient (Wildman–Crippen LogP) is 2.94. The molecule has 0 saturated heterocycles. The molecule has 2 N–H and O–H groups in total. The van der Waals surface area contributed by atoms with Gasteiger partial charge in [-0.1, -0.05) is 20.8 Å². The number of thiazole rings is 1. The van der Waals surface area contributed by atoms with Gasteiger partial charge in [-0.3, -0.25) is 4.98 Å². The van der Waals surface area contributed by atoms with E-state index in [4.69, 9.17) is 0 Å². The van der Waals surface area contributed by atoms with Crippen LogP contribution in [0.1, 0.15) is 36.2 Å². The molecule has 0 amide bonds. The van der Waals surface area contributed by atoms with Crippen LogP contribution in [-0.4, -0.2) is 15.1 Å². The molecule has 0 saturated carbocycles. The molecule has 0 atom stereocenters. The van der Waals surface area contributed by atoms with Crippen LogP contribution in [0.25, 0.3) is 0 Å². The highest BCUT2D eigenvalue weighted by Gasteiger charge is 2.17. The summed E-state index contributed by atoms with van der Waals surface area (Å²) in [6.07, 6.45) is 5.33. The van der Waals surface area contributed by atoms with E-state index in [0.29, 0.717) is 6.54 Å². The van der Waals surface area contributed by atoms with Gasteiger partial charge in [0.1, 0.15) is 0 Å². The van der Waals surface area contributed by atoms with Crippen molar-refractivity contribution >= 4 is 17.0 Å². The van der Waals surface area contributed by atoms with Crippen LogP contribution in [0, 0.1) is 0 Å². The first-order valence-electron chi connectivity index (χ1n) is 6.23. The summed E-state index contributed by atoms with van der Waals surface area (Å²) in [4.78, 5) is 9.70. The Hall–Kier alpha value is -1.46. The second kappa shape index (κ2) is 5.67. The molecule has 0 aliphatic heterocycles. The molecule has 0 unspecified atom stereocenters. The van der Waals surface area contributed by atoms with Gasteiger partial charge in [0.2, 0.25) is 0 Å². The summed E-state index contributed by atoms with van der Waals surface area (Å²) in [5.74, 6) is 0. The van der Waals surface area contributed by atoms with Crippen molar-refractivity contribution in [3.8, 4) is 0 Å². The van der Waals surface area contributed by atoms with E-state index >= 15 is 0 Å². The molecule has 4 nitrogen and oxygen atoms in total. The van der Waals surface area contributed by atoms with Gasteiger partial charge in [-0.25, -0.2) is 4.98 Å². The fourth-order valence-corrected chi connectivity index (χ4v) is 2.55. The van der Waals surface area contributed by atoms with Crippen molar-refractivity contribution in [2.75, 3.05) is 5.32 Å². The lowest BCUT2D eigenvalue weighted by molar-refractivity contribution is 0.282. The molecule has 0 radical (unpaired) electrons. The third-order valence-corrected chi connectivity index (χ3v) is 4.15. The van der Waals surface area contributed by atoms with E-state index in [1.807, 2.05) is 12.3 Å². The Bertz CT molecular complexity index is 546. The van der Waals surface area contributed by atoms with Crippen molar-refractivity contribution in [1.29, 1.82) is 0 Å². The monoisotopic (exact) mass is 277 g/mol. The number of anilines is 1. The third-order valence-electron chi connectivity index (χ3n) is 2.73. The second-order valence-electron chi connectivity index (χ2n) is 5.43. The Morgan fingerprint density at radius 1 is 1.32 bits per heavy atom. The number of nitrogens with zero attached hydrogens (tertiary/aromatic N) is 2. The molecule has 0 aromatic carbocycles. The van der Waals surface area contributed by atoms with Crippen molar-refractivity contribution in [3.05, 3.63) is 40.1 Å². The summed E-state index contributed by atoms with van der Waals surface area (Å²) in [7, 11) is 0. The molecular formula is C14H19N3OS. The van der Waals surface area contributed by atoms with Crippen LogP contribution in [0.15, 0.2) is 24.7 Å². The van der Waals surface area contributed by atoms with Crippen LogP contribution in [0.2, 0.25) is 0 Å². The quantitative estimate of drug-likeness (QED) is 0.902. The average molecular weight is 277 g/mol. The molecule has 2 rings (SSSR count). The van der Waals surface area contributed by atoms with E-state index in [-0.39, 0.29) is 12.0 Å². The van der Waals surface area contributed by atoms with Gasteiger partial charge in [0.05, 0.1) is 30.0 Å². The molecule has 2 heterocycles. The normalized spacial score (nSPS) is 11.6. The number of nitrogens with one attached hydrogen (secondary N) is 1. The first-order valence-corrected chi connectivity index (χ1v) is 7.05. The molecule has 2 aromatic rings. The molecule has 0 bridgehead atoms. The minimum absolute atomic E-state index is 0.0147. The zero-order valence-corrected chi connectivity index (χ0v) is 12.3. The molecule has 102 valence electrons. The van der Waals surface area contributed by atoms with Gasteiger partial charge >= 0.3 is 0 Å². The maximum absolute atomic E-state index is 9.25. The number of aromatic nitrogens is 2. The molecule has 0 aliphatic carbocycles. The third kappa shape index (κ3) is 3.52. The van der Waals surface area contributed by atoms with Crippen LogP contribution >= 0.6 is 11.3 Å². The summed E-state index contributed by atoms with van der Waals surface area (Å²) in [6.45, 7) is 7.20. The van der Waals surface area contributed by atoms with E-state index in [9.17, 15) is 5.11 Å². The first-order chi connectivity index (χ1) is 9.00. The van der Waals surface area contributed by atoms with E-state index < -0.39 is 0 Å². The van der Waals surface area contributed by atoms with Gasteiger partial charge in [-0.15, -0.1) is 11.3 Å². The smallest absolute Gasteiger partial charge is 0.0981 e. The summed E-state index contributed by atoms with van der Waals surface area (Å²) >= 11 is 1.72. The molecular weight excluding hydrogens is 258 g/mol. The van der Waals surface area contributed by atoms with Crippen LogP contribution < -0.4 is 5.32 Å². The number of aliphatic hydroxyl groups excluding tert-OH is 1. The molecule has 0 spiro atoms. The molecule has 0 aliphatic rings. The van der Waals surface area contributed by atoms with E-state index in [0.717, 1.165) is 16.3 Å². The standard InChI is InChI=1S/C14H19N3OS/c1-14(2,3)13-17-7-11(19-13)6-16-12-8-15-5-4-10(12)9-18/h4-5,7-8,16,18H,6,9H2,1-3H3. The van der Waals surface area contributed by atoms with Crippen molar-refractivity contribution in [1.82, 2.24) is 9.97 Å². The van der Waals surface area contributed by atoms with E-state index in [1.54, 1.807) is 23.7 Å². The maximum Gasteiger partial charge on any atom is 0.0981 e. The van der Waals surface area contributed by atoms with Crippen molar-refractivity contribution in [2.24, 2.45) is 0 Å². The summed E-state index contributed by atoms with van der Waals surface area (Å²) in [5.41, 5.74) is 1.82. The average Bonchev–Trinajstić information content (AvgIpc) is 2.85. The van der Waals surface area contributed by atoms with Crippen molar-refractivity contribution in [3.63, 3.8) is 0 Å². The highest BCUT2D eigenvalue weighted by atomic mass is 32.1. The Morgan fingerprint density at radius 2 is 2.11 bits per heavy atom.